The van der Waals surface area contributed by atoms with Crippen LogP contribution >= 0.6 is 0 Å². The largest absolute Gasteiger partial charge is 0.382 e. The Kier molecular flexibility index (Phi) is 5.59. The van der Waals surface area contributed by atoms with Crippen molar-refractivity contribution in [3.8, 4) is 0 Å². The SMILES string of the molecule is C/C=C/CNc1ccc(C=NN(C)c2ccccc2)cc1. The van der Waals surface area contributed by atoms with E-state index in [0.717, 1.165) is 23.5 Å². The Hall–Kier alpha value is -2.55. The first-order valence-corrected chi connectivity index (χ1v) is 7.07. The lowest BCUT2D eigenvalue weighted by molar-refractivity contribution is 1.02. The molecule has 0 atom stereocenters. The number of rotatable bonds is 6. The minimum Gasteiger partial charge on any atom is -0.382 e. The lowest BCUT2D eigenvalue weighted by Gasteiger charge is -2.12. The summed E-state index contributed by atoms with van der Waals surface area (Å²) >= 11 is 0. The number of anilines is 2. The monoisotopic (exact) mass is 279 g/mol. The zero-order chi connectivity index (χ0) is 14.9. The molecular weight excluding hydrogens is 258 g/mol. The molecule has 0 aliphatic rings. The molecule has 0 saturated heterocycles. The molecule has 2 aromatic carbocycles. The zero-order valence-electron chi connectivity index (χ0n) is 12.5. The first-order chi connectivity index (χ1) is 10.3. The average Bonchev–Trinajstić information content (AvgIpc) is 2.55. The van der Waals surface area contributed by atoms with Gasteiger partial charge in [-0.25, -0.2) is 0 Å². The van der Waals surface area contributed by atoms with Gasteiger partial charge in [0.1, 0.15) is 0 Å². The highest BCUT2D eigenvalue weighted by molar-refractivity contribution is 5.81. The summed E-state index contributed by atoms with van der Waals surface area (Å²) in [6.45, 7) is 2.87. The Morgan fingerprint density at radius 1 is 1.05 bits per heavy atom. The van der Waals surface area contributed by atoms with Crippen molar-refractivity contribution in [2.24, 2.45) is 5.10 Å². The van der Waals surface area contributed by atoms with Crippen LogP contribution < -0.4 is 10.3 Å². The van der Waals surface area contributed by atoms with Gasteiger partial charge >= 0.3 is 0 Å². The molecule has 0 radical (unpaired) electrons. The molecule has 0 aromatic heterocycles. The van der Waals surface area contributed by atoms with Crippen molar-refractivity contribution in [1.29, 1.82) is 0 Å². The molecule has 0 aliphatic heterocycles. The Bertz CT molecular complexity index is 586. The lowest BCUT2D eigenvalue weighted by atomic mass is 10.2. The van der Waals surface area contributed by atoms with Crippen LogP contribution in [0.4, 0.5) is 11.4 Å². The molecule has 0 saturated carbocycles. The third-order valence-corrected chi connectivity index (χ3v) is 3.08. The number of hydrogen-bond donors (Lipinski definition) is 1. The van der Waals surface area contributed by atoms with Gasteiger partial charge in [-0.2, -0.15) is 5.10 Å². The van der Waals surface area contributed by atoms with E-state index in [4.69, 9.17) is 0 Å². The maximum absolute atomic E-state index is 4.45. The van der Waals surface area contributed by atoms with E-state index >= 15 is 0 Å². The maximum Gasteiger partial charge on any atom is 0.0590 e. The van der Waals surface area contributed by atoms with E-state index in [1.807, 2.05) is 61.6 Å². The normalized spacial score (nSPS) is 11.1. The highest BCUT2D eigenvalue weighted by Crippen LogP contribution is 2.12. The van der Waals surface area contributed by atoms with Gasteiger partial charge in [-0.05, 0) is 36.8 Å². The highest BCUT2D eigenvalue weighted by atomic mass is 15.4. The topological polar surface area (TPSA) is 27.6 Å². The van der Waals surface area contributed by atoms with Gasteiger partial charge in [0.25, 0.3) is 0 Å². The molecule has 0 bridgehead atoms. The zero-order valence-corrected chi connectivity index (χ0v) is 12.5. The minimum atomic E-state index is 0.848. The van der Waals surface area contributed by atoms with Gasteiger partial charge in [0, 0.05) is 19.3 Å². The number of para-hydroxylation sites is 1. The number of hydrogen-bond acceptors (Lipinski definition) is 3. The predicted molar refractivity (Wildman–Crippen MR) is 92.2 cm³/mol. The molecule has 2 rings (SSSR count). The van der Waals surface area contributed by atoms with Gasteiger partial charge in [-0.3, -0.25) is 5.01 Å². The van der Waals surface area contributed by atoms with E-state index in [2.05, 4.69) is 40.8 Å². The quantitative estimate of drug-likeness (QED) is 0.489. The molecule has 0 unspecified atom stereocenters. The Morgan fingerprint density at radius 2 is 1.76 bits per heavy atom. The van der Waals surface area contributed by atoms with Crippen molar-refractivity contribution in [3.63, 3.8) is 0 Å². The van der Waals surface area contributed by atoms with E-state index in [9.17, 15) is 0 Å². The van der Waals surface area contributed by atoms with E-state index in [0.29, 0.717) is 0 Å². The van der Waals surface area contributed by atoms with Crippen LogP contribution in [0, 0.1) is 0 Å². The Balaban J connectivity index is 1.95. The molecule has 0 amide bonds. The van der Waals surface area contributed by atoms with E-state index in [1.165, 1.54) is 0 Å². The first-order valence-electron chi connectivity index (χ1n) is 7.07. The Labute approximate surface area is 126 Å². The van der Waals surface area contributed by atoms with Crippen LogP contribution in [0.5, 0.6) is 0 Å². The summed E-state index contributed by atoms with van der Waals surface area (Å²) in [6, 6.07) is 18.3. The summed E-state index contributed by atoms with van der Waals surface area (Å²) in [5.74, 6) is 0. The van der Waals surface area contributed by atoms with Crippen molar-refractivity contribution in [1.82, 2.24) is 0 Å². The van der Waals surface area contributed by atoms with Crippen molar-refractivity contribution >= 4 is 17.6 Å². The fraction of sp³-hybridized carbons (Fsp3) is 0.167. The molecule has 0 heterocycles. The molecule has 0 fully saturated rings. The fourth-order valence-corrected chi connectivity index (χ4v) is 1.85. The second-order valence-electron chi connectivity index (χ2n) is 4.68. The lowest BCUT2D eigenvalue weighted by Crippen LogP contribution is -2.08. The van der Waals surface area contributed by atoms with Crippen LogP contribution in [-0.2, 0) is 0 Å². The number of hydrazone groups is 1. The highest BCUT2D eigenvalue weighted by Gasteiger charge is 1.96. The number of allylic oxidation sites excluding steroid dienone is 1. The molecule has 0 aliphatic carbocycles. The standard InChI is InChI=1S/C18H21N3/c1-3-4-14-19-17-12-10-16(11-13-17)15-20-21(2)18-8-6-5-7-9-18/h3-13,15,19H,14H2,1-2H3/b4-3+,20-15?. The van der Waals surface area contributed by atoms with Gasteiger partial charge in [0.05, 0.1) is 11.9 Å². The Morgan fingerprint density at radius 3 is 2.43 bits per heavy atom. The summed E-state index contributed by atoms with van der Waals surface area (Å²) < 4.78 is 0. The molecule has 2 aromatic rings. The summed E-state index contributed by atoms with van der Waals surface area (Å²) in [7, 11) is 1.94. The van der Waals surface area contributed by atoms with E-state index in [-0.39, 0.29) is 0 Å². The molecule has 0 spiro atoms. The van der Waals surface area contributed by atoms with Gasteiger partial charge in [0.2, 0.25) is 0 Å². The van der Waals surface area contributed by atoms with Crippen LogP contribution in [-0.4, -0.2) is 19.8 Å². The van der Waals surface area contributed by atoms with E-state index < -0.39 is 0 Å². The van der Waals surface area contributed by atoms with Crippen LogP contribution in [0.2, 0.25) is 0 Å². The molecule has 108 valence electrons. The molecular formula is C18H21N3. The minimum absolute atomic E-state index is 0.848. The number of nitrogens with zero attached hydrogens (tertiary/aromatic N) is 2. The number of nitrogens with one attached hydrogen (secondary N) is 1. The van der Waals surface area contributed by atoms with Gasteiger partial charge in [-0.15, -0.1) is 0 Å². The molecule has 1 N–H and O–H groups in total. The van der Waals surface area contributed by atoms with Gasteiger partial charge in [-0.1, -0.05) is 42.5 Å². The van der Waals surface area contributed by atoms with Crippen molar-refractivity contribution < 1.29 is 0 Å². The predicted octanol–water partition coefficient (Wildman–Crippen LogP) is 4.14. The van der Waals surface area contributed by atoms with Crippen LogP contribution in [0.25, 0.3) is 0 Å². The number of benzene rings is 2. The van der Waals surface area contributed by atoms with Crippen molar-refractivity contribution in [2.75, 3.05) is 23.9 Å². The van der Waals surface area contributed by atoms with Crippen LogP contribution in [0.1, 0.15) is 12.5 Å². The van der Waals surface area contributed by atoms with Crippen molar-refractivity contribution in [2.45, 2.75) is 6.92 Å². The summed E-state index contributed by atoms with van der Waals surface area (Å²) in [6.07, 6.45) is 5.99. The summed E-state index contributed by atoms with van der Waals surface area (Å²) in [5, 5.41) is 9.63. The average molecular weight is 279 g/mol. The molecule has 3 heteroatoms. The third-order valence-electron chi connectivity index (χ3n) is 3.08. The van der Waals surface area contributed by atoms with Crippen LogP contribution in [0.3, 0.4) is 0 Å². The second-order valence-corrected chi connectivity index (χ2v) is 4.68. The van der Waals surface area contributed by atoms with Crippen molar-refractivity contribution in [3.05, 3.63) is 72.3 Å². The van der Waals surface area contributed by atoms with Gasteiger partial charge in [0.15, 0.2) is 0 Å². The summed E-state index contributed by atoms with van der Waals surface area (Å²) in [4.78, 5) is 0. The molecule has 3 nitrogen and oxygen atoms in total. The fourth-order valence-electron chi connectivity index (χ4n) is 1.85. The summed E-state index contributed by atoms with van der Waals surface area (Å²) in [5.41, 5.74) is 3.26. The maximum atomic E-state index is 4.45. The second kappa shape index (κ2) is 7.90. The smallest absolute Gasteiger partial charge is 0.0590 e. The van der Waals surface area contributed by atoms with E-state index in [1.54, 1.807) is 0 Å². The first kappa shape index (κ1) is 14.9. The van der Waals surface area contributed by atoms with Gasteiger partial charge < -0.3 is 5.32 Å². The molecule has 21 heavy (non-hydrogen) atoms. The van der Waals surface area contributed by atoms with Crippen LogP contribution in [0.15, 0.2) is 71.9 Å². The third kappa shape index (κ3) is 4.80.